The van der Waals surface area contributed by atoms with Crippen LogP contribution < -0.4 is 19.5 Å². The number of allylic oxidation sites excluding steroid dienone is 1. The molecule has 2 aromatic carbocycles. The van der Waals surface area contributed by atoms with Gasteiger partial charge in [-0.25, -0.2) is 0 Å². The van der Waals surface area contributed by atoms with E-state index in [0.29, 0.717) is 18.0 Å². The monoisotopic (exact) mass is 343 g/mol. The lowest BCUT2D eigenvalue weighted by atomic mass is 10.1. The maximum absolute atomic E-state index is 10.2. The van der Waals surface area contributed by atoms with Gasteiger partial charge in [0.25, 0.3) is 0 Å². The quantitative estimate of drug-likeness (QED) is 0.648. The molecule has 2 N–H and O–H groups in total. The molecule has 5 nitrogen and oxygen atoms in total. The number of benzene rings is 2. The van der Waals surface area contributed by atoms with Crippen molar-refractivity contribution in [3.8, 4) is 17.2 Å². The summed E-state index contributed by atoms with van der Waals surface area (Å²) in [7, 11) is 3.18. The molecular formula is C20H25NO4. The molecule has 0 radical (unpaired) electrons. The van der Waals surface area contributed by atoms with E-state index >= 15 is 0 Å². The molecule has 0 saturated heterocycles. The fourth-order valence-electron chi connectivity index (χ4n) is 2.40. The number of rotatable bonds is 10. The largest absolute Gasteiger partial charge is 0.493 e. The minimum atomic E-state index is -0.648. The molecule has 0 amide bonds. The first-order valence-electron chi connectivity index (χ1n) is 8.13. The summed E-state index contributed by atoms with van der Waals surface area (Å²) in [6.45, 7) is 4.31. The zero-order valence-corrected chi connectivity index (χ0v) is 14.7. The van der Waals surface area contributed by atoms with Crippen LogP contribution in [-0.2, 0) is 6.42 Å². The first-order valence-corrected chi connectivity index (χ1v) is 8.13. The fourth-order valence-corrected chi connectivity index (χ4v) is 2.40. The van der Waals surface area contributed by atoms with E-state index < -0.39 is 6.10 Å². The molecule has 134 valence electrons. The average Bonchev–Trinajstić information content (AvgIpc) is 2.65. The van der Waals surface area contributed by atoms with Gasteiger partial charge < -0.3 is 24.6 Å². The molecule has 0 heterocycles. The Kier molecular flexibility index (Phi) is 7.16. The van der Waals surface area contributed by atoms with Gasteiger partial charge in [0, 0.05) is 18.3 Å². The van der Waals surface area contributed by atoms with Crippen molar-refractivity contribution in [1.29, 1.82) is 0 Å². The van der Waals surface area contributed by atoms with E-state index in [4.69, 9.17) is 14.2 Å². The van der Waals surface area contributed by atoms with Crippen LogP contribution in [0.3, 0.4) is 0 Å². The summed E-state index contributed by atoms with van der Waals surface area (Å²) in [4.78, 5) is 0. The summed E-state index contributed by atoms with van der Waals surface area (Å²) in [6, 6.07) is 13.3. The molecule has 0 spiro atoms. The molecule has 0 aromatic heterocycles. The average molecular weight is 343 g/mol. The van der Waals surface area contributed by atoms with E-state index in [0.717, 1.165) is 23.4 Å². The van der Waals surface area contributed by atoms with Gasteiger partial charge in [-0.1, -0.05) is 24.3 Å². The van der Waals surface area contributed by atoms with Gasteiger partial charge >= 0.3 is 0 Å². The van der Waals surface area contributed by atoms with E-state index in [1.165, 1.54) is 0 Å². The summed E-state index contributed by atoms with van der Waals surface area (Å²) in [5.74, 6) is 2.07. The molecule has 25 heavy (non-hydrogen) atoms. The fraction of sp³-hybridized carbons (Fsp3) is 0.300. The van der Waals surface area contributed by atoms with Crippen LogP contribution in [0.4, 0.5) is 5.69 Å². The van der Waals surface area contributed by atoms with Crippen molar-refractivity contribution in [2.24, 2.45) is 0 Å². The van der Waals surface area contributed by atoms with E-state index in [9.17, 15) is 5.11 Å². The Morgan fingerprint density at radius 2 is 1.84 bits per heavy atom. The lowest BCUT2D eigenvalue weighted by Gasteiger charge is -2.16. The second-order valence-corrected chi connectivity index (χ2v) is 5.52. The Morgan fingerprint density at radius 1 is 1.08 bits per heavy atom. The van der Waals surface area contributed by atoms with Crippen LogP contribution in [0.15, 0.2) is 55.1 Å². The topological polar surface area (TPSA) is 60.0 Å². The molecule has 0 fully saturated rings. The van der Waals surface area contributed by atoms with Crippen molar-refractivity contribution in [3.63, 3.8) is 0 Å². The third kappa shape index (κ3) is 5.43. The van der Waals surface area contributed by atoms with Gasteiger partial charge in [-0.15, -0.1) is 6.58 Å². The highest BCUT2D eigenvalue weighted by Crippen LogP contribution is 2.29. The molecule has 0 aliphatic rings. The molecular weight excluding hydrogens is 318 g/mol. The Balaban J connectivity index is 1.87. The Bertz CT molecular complexity index is 687. The molecule has 0 aliphatic carbocycles. The standard InChI is InChI=1S/C20H25NO4/c1-4-7-15-8-5-6-9-18(15)25-14-17(22)13-21-16-10-11-19(23-2)20(12-16)24-3/h4-6,8-12,17,21-22H,1,7,13-14H2,2-3H3. The smallest absolute Gasteiger partial charge is 0.162 e. The number of hydrogen-bond donors (Lipinski definition) is 2. The van der Waals surface area contributed by atoms with E-state index in [1.54, 1.807) is 14.2 Å². The molecule has 0 aliphatic heterocycles. The number of aliphatic hydroxyl groups excluding tert-OH is 1. The maximum Gasteiger partial charge on any atom is 0.162 e. The Labute approximate surface area is 148 Å². The zero-order chi connectivity index (χ0) is 18.1. The van der Waals surface area contributed by atoms with E-state index in [2.05, 4.69) is 11.9 Å². The number of aliphatic hydroxyl groups is 1. The van der Waals surface area contributed by atoms with Crippen LogP contribution in [0.25, 0.3) is 0 Å². The zero-order valence-electron chi connectivity index (χ0n) is 14.7. The van der Waals surface area contributed by atoms with Crippen molar-refractivity contribution in [2.75, 3.05) is 32.7 Å². The van der Waals surface area contributed by atoms with Gasteiger partial charge in [-0.05, 0) is 30.2 Å². The number of hydrogen-bond acceptors (Lipinski definition) is 5. The third-order valence-corrected chi connectivity index (χ3v) is 3.69. The lowest BCUT2D eigenvalue weighted by Crippen LogP contribution is -2.26. The van der Waals surface area contributed by atoms with Crippen LogP contribution in [0.2, 0.25) is 0 Å². The highest BCUT2D eigenvalue weighted by Gasteiger charge is 2.09. The SMILES string of the molecule is C=CCc1ccccc1OCC(O)CNc1ccc(OC)c(OC)c1. The van der Waals surface area contributed by atoms with Crippen molar-refractivity contribution >= 4 is 5.69 Å². The van der Waals surface area contributed by atoms with Crippen LogP contribution in [-0.4, -0.2) is 38.6 Å². The van der Waals surface area contributed by atoms with E-state index in [-0.39, 0.29) is 6.61 Å². The van der Waals surface area contributed by atoms with Crippen LogP contribution >= 0.6 is 0 Å². The number of ether oxygens (including phenoxy) is 3. The Morgan fingerprint density at radius 3 is 2.56 bits per heavy atom. The lowest BCUT2D eigenvalue weighted by molar-refractivity contribution is 0.117. The van der Waals surface area contributed by atoms with Crippen LogP contribution in [0.5, 0.6) is 17.2 Å². The van der Waals surface area contributed by atoms with Crippen molar-refractivity contribution in [1.82, 2.24) is 0 Å². The van der Waals surface area contributed by atoms with Crippen LogP contribution in [0.1, 0.15) is 5.56 Å². The maximum atomic E-state index is 10.2. The van der Waals surface area contributed by atoms with Crippen molar-refractivity contribution < 1.29 is 19.3 Å². The van der Waals surface area contributed by atoms with Crippen molar-refractivity contribution in [3.05, 3.63) is 60.7 Å². The highest BCUT2D eigenvalue weighted by molar-refractivity contribution is 5.54. The summed E-state index contributed by atoms with van der Waals surface area (Å²) < 4.78 is 16.2. The summed E-state index contributed by atoms with van der Waals surface area (Å²) in [5.41, 5.74) is 1.89. The first-order chi connectivity index (χ1) is 12.2. The van der Waals surface area contributed by atoms with Crippen LogP contribution in [0, 0.1) is 0 Å². The van der Waals surface area contributed by atoms with Gasteiger partial charge in [0.05, 0.1) is 14.2 Å². The second-order valence-electron chi connectivity index (χ2n) is 5.52. The molecule has 5 heteroatoms. The molecule has 0 bridgehead atoms. The van der Waals surface area contributed by atoms with Gasteiger partial charge in [0.15, 0.2) is 11.5 Å². The summed E-state index contributed by atoms with van der Waals surface area (Å²) in [6.07, 6.45) is 1.91. The molecule has 2 rings (SSSR count). The minimum Gasteiger partial charge on any atom is -0.493 e. The first kappa shape index (κ1) is 18.7. The van der Waals surface area contributed by atoms with Gasteiger partial charge in [-0.3, -0.25) is 0 Å². The van der Waals surface area contributed by atoms with Gasteiger partial charge in [-0.2, -0.15) is 0 Å². The molecule has 2 aromatic rings. The van der Waals surface area contributed by atoms with Crippen molar-refractivity contribution in [2.45, 2.75) is 12.5 Å². The van der Waals surface area contributed by atoms with Gasteiger partial charge in [0.1, 0.15) is 18.5 Å². The second kappa shape index (κ2) is 9.59. The number of nitrogens with one attached hydrogen (secondary N) is 1. The molecule has 1 atom stereocenters. The minimum absolute atomic E-state index is 0.203. The van der Waals surface area contributed by atoms with Gasteiger partial charge in [0.2, 0.25) is 0 Å². The number of anilines is 1. The predicted octanol–water partition coefficient (Wildman–Crippen LogP) is 3.28. The molecule has 1 unspecified atom stereocenters. The third-order valence-electron chi connectivity index (χ3n) is 3.69. The van der Waals surface area contributed by atoms with E-state index in [1.807, 2.05) is 48.5 Å². The summed E-state index contributed by atoms with van der Waals surface area (Å²) >= 11 is 0. The highest BCUT2D eigenvalue weighted by atomic mass is 16.5. The Hall–Kier alpha value is -2.66. The normalized spacial score (nSPS) is 11.5. The number of methoxy groups -OCH3 is 2. The summed E-state index contributed by atoms with van der Waals surface area (Å²) in [5, 5.41) is 13.3. The predicted molar refractivity (Wildman–Crippen MR) is 99.9 cm³/mol. The number of para-hydroxylation sites is 1. The molecule has 0 saturated carbocycles.